The standard InChI is InChI=1S/C23H35N3O4Si/c1-22(2,3)29-21(27)26-14-18(19(15-26)30-31(7,8)23(4,5)6)28-20-13-24-16-11-9-10-12-17(16)25-20/h9-13,18-19H,14-15H2,1-8H3. The number of para-hydroxylation sites is 2. The molecule has 8 heteroatoms. The molecule has 7 nitrogen and oxygen atoms in total. The van der Waals surface area contributed by atoms with Crippen molar-refractivity contribution in [3.63, 3.8) is 0 Å². The molecule has 2 aromatic rings. The van der Waals surface area contributed by atoms with Gasteiger partial charge in [-0.25, -0.2) is 14.8 Å². The van der Waals surface area contributed by atoms with Crippen molar-refractivity contribution in [1.29, 1.82) is 0 Å². The summed E-state index contributed by atoms with van der Waals surface area (Å²) < 4.78 is 18.5. The highest BCUT2D eigenvalue weighted by molar-refractivity contribution is 6.74. The highest BCUT2D eigenvalue weighted by Crippen LogP contribution is 2.38. The molecule has 1 fully saturated rings. The van der Waals surface area contributed by atoms with Crippen LogP contribution in [0.5, 0.6) is 5.88 Å². The van der Waals surface area contributed by atoms with E-state index in [1.54, 1.807) is 11.1 Å². The van der Waals surface area contributed by atoms with Crippen LogP contribution in [0.3, 0.4) is 0 Å². The number of likely N-dealkylation sites (tertiary alicyclic amines) is 1. The van der Waals surface area contributed by atoms with Crippen LogP contribution in [0.25, 0.3) is 11.0 Å². The average Bonchev–Trinajstić information content (AvgIpc) is 3.01. The summed E-state index contributed by atoms with van der Waals surface area (Å²) in [6, 6.07) is 7.66. The summed E-state index contributed by atoms with van der Waals surface area (Å²) in [6.07, 6.45) is 0.660. The second kappa shape index (κ2) is 8.39. The van der Waals surface area contributed by atoms with Gasteiger partial charge in [-0.05, 0) is 51.0 Å². The highest BCUT2D eigenvalue weighted by Gasteiger charge is 2.46. The number of fused-ring (bicyclic) bond motifs is 1. The zero-order valence-corrected chi connectivity index (χ0v) is 20.9. The number of ether oxygens (including phenoxy) is 2. The molecule has 170 valence electrons. The number of hydrogen-bond donors (Lipinski definition) is 0. The Hall–Kier alpha value is -2.19. The Morgan fingerprint density at radius 2 is 1.65 bits per heavy atom. The van der Waals surface area contributed by atoms with Crippen LogP contribution in [0.4, 0.5) is 4.79 Å². The molecule has 0 aliphatic carbocycles. The van der Waals surface area contributed by atoms with Crippen molar-refractivity contribution in [3.05, 3.63) is 30.5 Å². The van der Waals surface area contributed by atoms with Gasteiger partial charge in [0.2, 0.25) is 5.88 Å². The SMILES string of the molecule is CC(C)(C)OC(=O)N1CC(Oc2cnc3ccccc3n2)C(O[Si](C)(C)C(C)(C)C)C1. The molecule has 0 radical (unpaired) electrons. The Morgan fingerprint density at radius 3 is 2.26 bits per heavy atom. The number of nitrogens with zero attached hydrogens (tertiary/aromatic N) is 3. The normalized spacial score (nSPS) is 20.2. The fourth-order valence-electron chi connectivity index (χ4n) is 3.15. The number of carbonyl (C=O) groups excluding carboxylic acids is 1. The third-order valence-electron chi connectivity index (χ3n) is 5.82. The molecule has 0 bridgehead atoms. The Balaban J connectivity index is 1.82. The Bertz CT molecular complexity index is 936. The second-order valence-electron chi connectivity index (χ2n) is 10.7. The van der Waals surface area contributed by atoms with Crippen LogP contribution >= 0.6 is 0 Å². The first-order chi connectivity index (χ1) is 14.2. The van der Waals surface area contributed by atoms with Gasteiger partial charge in [0.1, 0.15) is 17.8 Å². The number of hydrogen-bond acceptors (Lipinski definition) is 6. The lowest BCUT2D eigenvalue weighted by atomic mass is 10.2. The minimum atomic E-state index is -2.08. The number of benzene rings is 1. The quantitative estimate of drug-likeness (QED) is 0.615. The van der Waals surface area contributed by atoms with Crippen molar-refractivity contribution in [2.45, 2.75) is 77.5 Å². The van der Waals surface area contributed by atoms with Gasteiger partial charge >= 0.3 is 6.09 Å². The van der Waals surface area contributed by atoms with Crippen LogP contribution in [-0.4, -0.2) is 60.2 Å². The lowest BCUT2D eigenvalue weighted by Gasteiger charge is -2.39. The van der Waals surface area contributed by atoms with E-state index in [9.17, 15) is 4.79 Å². The highest BCUT2D eigenvalue weighted by atomic mass is 28.4. The zero-order valence-electron chi connectivity index (χ0n) is 19.9. The summed E-state index contributed by atoms with van der Waals surface area (Å²) in [7, 11) is -2.08. The Morgan fingerprint density at radius 1 is 1.03 bits per heavy atom. The van der Waals surface area contributed by atoms with E-state index in [1.165, 1.54) is 0 Å². The summed E-state index contributed by atoms with van der Waals surface area (Å²) in [6.45, 7) is 17.4. The van der Waals surface area contributed by atoms with Gasteiger partial charge in [0.25, 0.3) is 0 Å². The van der Waals surface area contributed by atoms with Gasteiger partial charge in [-0.3, -0.25) is 0 Å². The molecule has 2 heterocycles. The van der Waals surface area contributed by atoms with E-state index < -0.39 is 13.9 Å². The molecule has 1 aliphatic heterocycles. The number of amides is 1. The number of carbonyl (C=O) groups is 1. The average molecular weight is 446 g/mol. The van der Waals surface area contributed by atoms with Gasteiger partial charge in [-0.2, -0.15) is 0 Å². The molecule has 3 rings (SSSR count). The Labute approximate surface area is 186 Å². The third-order valence-corrected chi connectivity index (χ3v) is 10.3. The van der Waals surface area contributed by atoms with Gasteiger partial charge in [-0.1, -0.05) is 32.9 Å². The van der Waals surface area contributed by atoms with Crippen LogP contribution in [0.15, 0.2) is 30.5 Å². The molecule has 0 N–H and O–H groups in total. The van der Waals surface area contributed by atoms with E-state index in [-0.39, 0.29) is 23.3 Å². The minimum absolute atomic E-state index is 0.0413. The van der Waals surface area contributed by atoms with Gasteiger partial charge < -0.3 is 18.8 Å². The van der Waals surface area contributed by atoms with Crippen molar-refractivity contribution in [2.24, 2.45) is 0 Å². The van der Waals surface area contributed by atoms with Crippen LogP contribution < -0.4 is 4.74 Å². The number of aromatic nitrogens is 2. The molecule has 1 aromatic heterocycles. The maximum Gasteiger partial charge on any atom is 0.410 e. The summed E-state index contributed by atoms with van der Waals surface area (Å²) in [5.41, 5.74) is 1.02. The van der Waals surface area contributed by atoms with E-state index in [4.69, 9.17) is 13.9 Å². The first-order valence-corrected chi connectivity index (χ1v) is 13.7. The lowest BCUT2D eigenvalue weighted by molar-refractivity contribution is 0.0269. The predicted octanol–water partition coefficient (Wildman–Crippen LogP) is 5.02. The van der Waals surface area contributed by atoms with E-state index in [2.05, 4.69) is 43.8 Å². The maximum atomic E-state index is 12.7. The van der Waals surface area contributed by atoms with Crippen molar-refractivity contribution in [1.82, 2.24) is 14.9 Å². The first-order valence-electron chi connectivity index (χ1n) is 10.8. The molecule has 1 aliphatic rings. The molecule has 0 saturated carbocycles. The van der Waals surface area contributed by atoms with Crippen molar-refractivity contribution >= 4 is 25.4 Å². The van der Waals surface area contributed by atoms with E-state index in [0.29, 0.717) is 19.0 Å². The van der Waals surface area contributed by atoms with E-state index in [1.807, 2.05) is 45.0 Å². The van der Waals surface area contributed by atoms with Gasteiger partial charge in [0.15, 0.2) is 8.32 Å². The largest absolute Gasteiger partial charge is 0.469 e. The molecular weight excluding hydrogens is 410 g/mol. The van der Waals surface area contributed by atoms with Crippen LogP contribution in [0.2, 0.25) is 18.1 Å². The van der Waals surface area contributed by atoms with Crippen molar-refractivity contribution < 1.29 is 18.7 Å². The fourth-order valence-corrected chi connectivity index (χ4v) is 4.49. The summed E-state index contributed by atoms with van der Waals surface area (Å²) in [5.74, 6) is 0.429. The van der Waals surface area contributed by atoms with Gasteiger partial charge in [0.05, 0.1) is 30.3 Å². The summed E-state index contributed by atoms with van der Waals surface area (Å²) in [4.78, 5) is 23.4. The number of rotatable bonds is 4. The molecule has 1 amide bonds. The van der Waals surface area contributed by atoms with Gasteiger partial charge in [0, 0.05) is 0 Å². The lowest BCUT2D eigenvalue weighted by Crippen LogP contribution is -2.48. The molecule has 1 saturated heterocycles. The topological polar surface area (TPSA) is 73.8 Å². The molecule has 1 aromatic carbocycles. The predicted molar refractivity (Wildman–Crippen MR) is 124 cm³/mol. The molecular formula is C23H35N3O4Si. The summed E-state index contributed by atoms with van der Waals surface area (Å²) >= 11 is 0. The first kappa shape index (κ1) is 23.5. The Kier molecular flexibility index (Phi) is 6.35. The monoisotopic (exact) mass is 445 g/mol. The molecule has 2 atom stereocenters. The third kappa shape index (κ3) is 5.74. The fraction of sp³-hybridized carbons (Fsp3) is 0.609. The van der Waals surface area contributed by atoms with E-state index >= 15 is 0 Å². The minimum Gasteiger partial charge on any atom is -0.469 e. The van der Waals surface area contributed by atoms with Crippen LogP contribution in [0.1, 0.15) is 41.5 Å². The van der Waals surface area contributed by atoms with Gasteiger partial charge in [-0.15, -0.1) is 0 Å². The van der Waals surface area contributed by atoms with Crippen LogP contribution in [0, 0.1) is 0 Å². The summed E-state index contributed by atoms with van der Waals surface area (Å²) in [5, 5.41) is 0.0413. The smallest absolute Gasteiger partial charge is 0.410 e. The zero-order chi connectivity index (χ0) is 23.0. The van der Waals surface area contributed by atoms with Crippen molar-refractivity contribution in [3.8, 4) is 5.88 Å². The second-order valence-corrected chi connectivity index (χ2v) is 15.4. The molecule has 31 heavy (non-hydrogen) atoms. The van der Waals surface area contributed by atoms with Crippen molar-refractivity contribution in [2.75, 3.05) is 13.1 Å². The molecule has 0 spiro atoms. The van der Waals surface area contributed by atoms with Crippen LogP contribution in [-0.2, 0) is 9.16 Å². The molecule has 2 unspecified atom stereocenters. The maximum absolute atomic E-state index is 12.7. The van der Waals surface area contributed by atoms with E-state index in [0.717, 1.165) is 11.0 Å².